The highest BCUT2D eigenvalue weighted by Crippen LogP contribution is 2.17. The molecular weight excluding hydrogens is 226 g/mol. The number of hydrogen-bond acceptors (Lipinski definition) is 3. The third-order valence-corrected chi connectivity index (χ3v) is 2.54. The Balaban J connectivity index is 3.03. The number of carboxylic acids is 1. The van der Waals surface area contributed by atoms with E-state index in [1.807, 2.05) is 0 Å². The first-order valence-electron chi connectivity index (χ1n) is 6.86. The first-order chi connectivity index (χ1) is 9.66. The number of thioether (sulfide) groups is 1. The van der Waals surface area contributed by atoms with Crippen LogP contribution in [0.4, 0.5) is 0 Å². The molecule has 0 radical (unpaired) electrons. The molecule has 1 amide bonds. The van der Waals surface area contributed by atoms with Gasteiger partial charge in [-0.1, -0.05) is 18.1 Å². The molecule has 0 spiro atoms. The second-order valence-electron chi connectivity index (χ2n) is 2.86. The van der Waals surface area contributed by atoms with Crippen molar-refractivity contribution in [2.75, 3.05) is 5.75 Å². The molecule has 1 atom stereocenters. The van der Waals surface area contributed by atoms with Gasteiger partial charge in [0.2, 0.25) is 5.91 Å². The van der Waals surface area contributed by atoms with E-state index in [0.29, 0.717) is 0 Å². The van der Waals surface area contributed by atoms with Crippen molar-refractivity contribution in [1.29, 1.82) is 0 Å². The van der Waals surface area contributed by atoms with E-state index in [4.69, 9.17) is 12.0 Å². The van der Waals surface area contributed by atoms with Crippen molar-refractivity contribution in [3.8, 4) is 0 Å². The van der Waals surface area contributed by atoms with Crippen LogP contribution in [-0.4, -0.2) is 28.8 Å². The van der Waals surface area contributed by atoms with E-state index >= 15 is 0 Å². The summed E-state index contributed by atoms with van der Waals surface area (Å²) in [6, 6.07) is -3.46. The van der Waals surface area contributed by atoms with Gasteiger partial charge in [-0.25, -0.2) is 4.79 Å². The molecule has 2 N–H and O–H groups in total. The van der Waals surface area contributed by atoms with Gasteiger partial charge in [0, 0.05) is 17.6 Å². The minimum atomic E-state index is -1.26. The van der Waals surface area contributed by atoms with Crippen LogP contribution in [0.25, 0.3) is 0 Å². The molecule has 0 saturated carbocycles. The zero-order valence-corrected chi connectivity index (χ0v) is 9.27. The van der Waals surface area contributed by atoms with Gasteiger partial charge >= 0.3 is 5.97 Å². The quantitative estimate of drug-likeness (QED) is 0.768. The minimum Gasteiger partial charge on any atom is -0.480 e. The summed E-state index contributed by atoms with van der Waals surface area (Å²) in [7, 11) is 0. The summed E-state index contributed by atoms with van der Waals surface area (Å²) in [5.41, 5.74) is 0. The standard InChI is InChI=1S/C11H13NO3S/c1-8(13)12-10(11(14)15)7-16-9-5-3-2-4-6-9/h2-6,10H,7H2,1H3,(H,12,13)(H,14,15)/t10-/m1/s1/i2D,3D,4D,5D,6D. The molecule has 0 heterocycles. The lowest BCUT2D eigenvalue weighted by Crippen LogP contribution is -2.41. The molecule has 5 heteroatoms. The van der Waals surface area contributed by atoms with Crippen molar-refractivity contribution >= 4 is 23.6 Å². The van der Waals surface area contributed by atoms with Gasteiger partial charge in [0.15, 0.2) is 0 Å². The molecule has 0 aliphatic rings. The van der Waals surface area contributed by atoms with E-state index in [0.717, 1.165) is 11.8 Å². The zero-order valence-electron chi connectivity index (χ0n) is 13.5. The van der Waals surface area contributed by atoms with Crippen LogP contribution < -0.4 is 5.32 Å². The van der Waals surface area contributed by atoms with Crippen LogP contribution in [0.1, 0.15) is 13.8 Å². The monoisotopic (exact) mass is 244 g/mol. The molecule has 16 heavy (non-hydrogen) atoms. The fraction of sp³-hybridized carbons (Fsp3) is 0.273. The number of carboxylic acid groups (broad SMARTS) is 1. The Morgan fingerprint density at radius 2 is 2.12 bits per heavy atom. The van der Waals surface area contributed by atoms with E-state index in [9.17, 15) is 9.59 Å². The molecule has 4 nitrogen and oxygen atoms in total. The number of aliphatic carboxylic acids is 1. The zero-order chi connectivity index (χ0) is 16.3. The number of carbonyl (C=O) groups excluding carboxylic acids is 1. The average Bonchev–Trinajstić information content (AvgIpc) is 2.41. The van der Waals surface area contributed by atoms with Crippen LogP contribution in [0, 0.1) is 0 Å². The molecule has 0 unspecified atom stereocenters. The topological polar surface area (TPSA) is 66.4 Å². The first kappa shape index (κ1) is 6.96. The Labute approximate surface area is 105 Å². The second-order valence-corrected chi connectivity index (χ2v) is 3.89. The van der Waals surface area contributed by atoms with E-state index < -0.39 is 48.1 Å². The number of carbonyl (C=O) groups is 2. The van der Waals surface area contributed by atoms with Crippen LogP contribution in [-0.2, 0) is 9.59 Å². The summed E-state index contributed by atoms with van der Waals surface area (Å²) in [4.78, 5) is 21.9. The van der Waals surface area contributed by atoms with Gasteiger partial charge < -0.3 is 10.4 Å². The summed E-state index contributed by atoms with van der Waals surface area (Å²) in [5.74, 6) is -1.93. The highest BCUT2D eigenvalue weighted by molar-refractivity contribution is 7.99. The maximum atomic E-state index is 11.0. The highest BCUT2D eigenvalue weighted by atomic mass is 32.2. The fourth-order valence-electron chi connectivity index (χ4n) is 0.897. The Bertz CT molecular complexity index is 567. The molecule has 86 valence electrons. The van der Waals surface area contributed by atoms with Crippen molar-refractivity contribution in [2.45, 2.75) is 17.9 Å². The summed E-state index contributed by atoms with van der Waals surface area (Å²) in [6.07, 6.45) is 0. The molecule has 0 fully saturated rings. The summed E-state index contributed by atoms with van der Waals surface area (Å²) in [5, 5.41) is 11.2. The lowest BCUT2D eigenvalue weighted by molar-refractivity contribution is -0.140. The van der Waals surface area contributed by atoms with Gasteiger partial charge in [-0.05, 0) is 12.1 Å². The van der Waals surface area contributed by atoms with E-state index in [-0.39, 0.29) is 10.6 Å². The molecule has 0 aliphatic heterocycles. The lowest BCUT2D eigenvalue weighted by Gasteiger charge is -2.12. The van der Waals surface area contributed by atoms with E-state index in [2.05, 4.69) is 5.32 Å². The SMILES string of the molecule is [2H]c1c([2H])c([2H])c(SC[C@@H](NC(C)=O)C(=O)O)c([2H])c1[2H]. The molecule has 1 aromatic carbocycles. The largest absolute Gasteiger partial charge is 0.480 e. The lowest BCUT2D eigenvalue weighted by atomic mass is 10.3. The maximum absolute atomic E-state index is 11.0. The van der Waals surface area contributed by atoms with Crippen LogP contribution >= 0.6 is 11.8 Å². The number of benzene rings is 1. The van der Waals surface area contributed by atoms with Gasteiger partial charge in [0.25, 0.3) is 0 Å². The highest BCUT2D eigenvalue weighted by Gasteiger charge is 2.18. The van der Waals surface area contributed by atoms with Gasteiger partial charge in [-0.15, -0.1) is 11.8 Å². The third kappa shape index (κ3) is 4.35. The summed E-state index contributed by atoms with van der Waals surface area (Å²) >= 11 is 0.795. The predicted molar refractivity (Wildman–Crippen MR) is 62.4 cm³/mol. The normalized spacial score (nSPS) is 16.2. The van der Waals surface area contributed by atoms with Crippen LogP contribution in [0.2, 0.25) is 0 Å². The predicted octanol–water partition coefficient (Wildman–Crippen LogP) is 1.37. The van der Waals surface area contributed by atoms with Crippen LogP contribution in [0.15, 0.2) is 35.1 Å². The Morgan fingerprint density at radius 3 is 2.62 bits per heavy atom. The van der Waals surface area contributed by atoms with Crippen molar-refractivity contribution in [3.63, 3.8) is 0 Å². The number of amides is 1. The van der Waals surface area contributed by atoms with E-state index in [1.54, 1.807) is 0 Å². The summed E-state index contributed by atoms with van der Waals surface area (Å²) < 4.78 is 37.9. The molecule has 0 saturated heterocycles. The molecule has 0 bridgehead atoms. The van der Waals surface area contributed by atoms with Crippen LogP contribution in [0.3, 0.4) is 0 Å². The van der Waals surface area contributed by atoms with Gasteiger partial charge in [0.05, 0.1) is 6.85 Å². The minimum absolute atomic E-state index is 0.0439. The van der Waals surface area contributed by atoms with Crippen molar-refractivity contribution in [2.24, 2.45) is 0 Å². The van der Waals surface area contributed by atoms with Gasteiger partial charge in [0.1, 0.15) is 6.04 Å². The molecule has 0 aromatic heterocycles. The molecular formula is C11H13NO3S. The smallest absolute Gasteiger partial charge is 0.327 e. The Kier molecular flexibility index (Phi) is 2.68. The number of nitrogens with one attached hydrogen (secondary N) is 1. The van der Waals surface area contributed by atoms with Crippen molar-refractivity contribution in [1.82, 2.24) is 5.32 Å². The van der Waals surface area contributed by atoms with E-state index in [1.165, 1.54) is 6.92 Å². The maximum Gasteiger partial charge on any atom is 0.327 e. The number of hydrogen-bond donors (Lipinski definition) is 2. The summed E-state index contributed by atoms with van der Waals surface area (Å²) in [6.45, 7) is 1.17. The Morgan fingerprint density at radius 1 is 1.50 bits per heavy atom. The van der Waals surface area contributed by atoms with Crippen LogP contribution in [0.5, 0.6) is 0 Å². The first-order valence-corrected chi connectivity index (χ1v) is 5.35. The van der Waals surface area contributed by atoms with Gasteiger partial charge in [-0.2, -0.15) is 0 Å². The second kappa shape index (κ2) is 6.17. The molecule has 1 rings (SSSR count). The third-order valence-electron chi connectivity index (χ3n) is 1.55. The average molecular weight is 244 g/mol. The molecule has 0 aliphatic carbocycles. The fourth-order valence-corrected chi connectivity index (χ4v) is 1.70. The Hall–Kier alpha value is -1.49. The number of rotatable bonds is 5. The van der Waals surface area contributed by atoms with Crippen molar-refractivity contribution in [3.05, 3.63) is 30.2 Å². The van der Waals surface area contributed by atoms with Gasteiger partial charge in [-0.3, -0.25) is 4.79 Å². The van der Waals surface area contributed by atoms with Crippen molar-refractivity contribution < 1.29 is 21.5 Å². The molecule has 1 aromatic rings.